The quantitative estimate of drug-likeness (QED) is 0.590. The normalized spacial score (nSPS) is 16.3. The first-order chi connectivity index (χ1) is 16.3. The van der Waals surface area contributed by atoms with Crippen LogP contribution in [0.2, 0.25) is 10.0 Å². The molecule has 176 valence electrons. The minimum atomic E-state index is -0.464. The van der Waals surface area contributed by atoms with Crippen LogP contribution < -0.4 is 5.32 Å². The van der Waals surface area contributed by atoms with Gasteiger partial charge in [-0.25, -0.2) is 0 Å². The number of benzene rings is 2. The van der Waals surface area contributed by atoms with Gasteiger partial charge in [0.05, 0.1) is 15.5 Å². The molecule has 1 N–H and O–H groups in total. The summed E-state index contributed by atoms with van der Waals surface area (Å²) in [6.45, 7) is 0.791. The molecule has 7 nitrogen and oxygen atoms in total. The fourth-order valence-corrected chi connectivity index (χ4v) is 5.25. The van der Waals surface area contributed by atoms with Crippen LogP contribution >= 0.6 is 35.0 Å². The van der Waals surface area contributed by atoms with E-state index in [4.69, 9.17) is 23.2 Å². The molecule has 0 saturated carbocycles. The third-order valence-corrected chi connectivity index (χ3v) is 7.23. The van der Waals surface area contributed by atoms with Crippen LogP contribution in [0.25, 0.3) is 0 Å². The van der Waals surface area contributed by atoms with E-state index in [1.165, 1.54) is 6.07 Å². The molecule has 2 saturated heterocycles. The molecule has 2 aromatic rings. The Morgan fingerprint density at radius 3 is 2.38 bits per heavy atom. The van der Waals surface area contributed by atoms with Gasteiger partial charge in [0.2, 0.25) is 5.91 Å². The van der Waals surface area contributed by atoms with Crippen molar-refractivity contribution >= 4 is 57.9 Å². The number of nitrogens with one attached hydrogen (secondary N) is 1. The summed E-state index contributed by atoms with van der Waals surface area (Å²) in [6, 6.07) is 14.1. The Morgan fingerprint density at radius 2 is 1.71 bits per heavy atom. The van der Waals surface area contributed by atoms with E-state index in [0.29, 0.717) is 48.0 Å². The van der Waals surface area contributed by atoms with Crippen molar-refractivity contribution in [3.63, 3.8) is 0 Å². The predicted molar refractivity (Wildman–Crippen MR) is 132 cm³/mol. The number of carbonyl (C=O) groups is 4. The second kappa shape index (κ2) is 10.6. The van der Waals surface area contributed by atoms with Crippen LogP contribution in [0, 0.1) is 0 Å². The van der Waals surface area contributed by atoms with Crippen LogP contribution in [0.15, 0.2) is 59.0 Å². The van der Waals surface area contributed by atoms with Gasteiger partial charge in [-0.05, 0) is 53.9 Å². The van der Waals surface area contributed by atoms with Gasteiger partial charge in [-0.2, -0.15) is 0 Å². The lowest BCUT2D eigenvalue weighted by Crippen LogP contribution is -2.39. The van der Waals surface area contributed by atoms with Crippen LogP contribution in [0.4, 0.5) is 4.79 Å². The fraction of sp³-hybridized carbons (Fsp3) is 0.250. The first-order valence-corrected chi connectivity index (χ1v) is 12.2. The molecule has 34 heavy (non-hydrogen) atoms. The van der Waals surface area contributed by atoms with E-state index >= 15 is 0 Å². The van der Waals surface area contributed by atoms with Crippen molar-refractivity contribution in [3.8, 4) is 0 Å². The smallest absolute Gasteiger partial charge is 0.294 e. The number of hydrogen-bond donors (Lipinski definition) is 1. The number of likely N-dealkylation sites (tertiary alicyclic amines) is 1. The average molecular weight is 518 g/mol. The summed E-state index contributed by atoms with van der Waals surface area (Å²) in [7, 11) is 0. The standard InChI is InChI=1S/C24H21Cl2N3O4S/c25-17-6-7-18(19(26)12-17)22(31)28-10-8-16(9-11-28)21-23(32)29(24(33)34-21)14-20(30)27-13-15-4-2-1-3-5-15/h1-7,12H,8-11,13-14H2,(H,27,30). The average Bonchev–Trinajstić information content (AvgIpc) is 3.11. The molecule has 2 aromatic carbocycles. The summed E-state index contributed by atoms with van der Waals surface area (Å²) in [5, 5.41) is 3.00. The van der Waals surface area contributed by atoms with Crippen molar-refractivity contribution in [2.24, 2.45) is 0 Å². The molecular weight excluding hydrogens is 497 g/mol. The third-order valence-electron chi connectivity index (χ3n) is 5.62. The van der Waals surface area contributed by atoms with Gasteiger partial charge in [-0.15, -0.1) is 0 Å². The summed E-state index contributed by atoms with van der Waals surface area (Å²) in [5.74, 6) is -1.07. The highest BCUT2D eigenvalue weighted by molar-refractivity contribution is 8.18. The third kappa shape index (κ3) is 5.46. The Balaban J connectivity index is 1.35. The first kappa shape index (κ1) is 24.3. The predicted octanol–water partition coefficient (Wildman–Crippen LogP) is 4.50. The van der Waals surface area contributed by atoms with E-state index in [1.807, 2.05) is 30.3 Å². The topological polar surface area (TPSA) is 86.8 Å². The number of hydrogen-bond acceptors (Lipinski definition) is 5. The number of carbonyl (C=O) groups excluding carboxylic acids is 4. The molecule has 0 aromatic heterocycles. The van der Waals surface area contributed by atoms with Gasteiger partial charge in [-0.1, -0.05) is 53.5 Å². The number of piperidine rings is 1. The summed E-state index contributed by atoms with van der Waals surface area (Å²) >= 11 is 12.9. The SMILES string of the molecule is O=C(CN1C(=O)SC(=C2CCN(C(=O)c3ccc(Cl)cc3Cl)CC2)C1=O)NCc1ccccc1. The van der Waals surface area contributed by atoms with Crippen LogP contribution in [-0.2, 0) is 16.1 Å². The van der Waals surface area contributed by atoms with Gasteiger partial charge in [0, 0.05) is 24.7 Å². The zero-order chi connectivity index (χ0) is 24.2. The number of thioether (sulfide) groups is 1. The number of amides is 4. The second-order valence-corrected chi connectivity index (χ2v) is 9.68. The maximum Gasteiger partial charge on any atom is 0.294 e. The molecule has 4 rings (SSSR count). The minimum absolute atomic E-state index is 0.205. The maximum absolute atomic E-state index is 12.9. The highest BCUT2D eigenvalue weighted by Crippen LogP contribution is 2.36. The zero-order valence-corrected chi connectivity index (χ0v) is 20.4. The molecule has 2 heterocycles. The Bertz CT molecular complexity index is 1180. The van der Waals surface area contributed by atoms with Crippen LogP contribution in [0.3, 0.4) is 0 Å². The van der Waals surface area contributed by atoms with Crippen molar-refractivity contribution in [1.82, 2.24) is 15.1 Å². The van der Waals surface area contributed by atoms with Gasteiger partial charge >= 0.3 is 0 Å². The van der Waals surface area contributed by atoms with E-state index in [9.17, 15) is 19.2 Å². The van der Waals surface area contributed by atoms with E-state index in [-0.39, 0.29) is 17.5 Å². The van der Waals surface area contributed by atoms with Gasteiger partial charge in [-0.3, -0.25) is 24.1 Å². The monoisotopic (exact) mass is 517 g/mol. The van der Waals surface area contributed by atoms with E-state index in [0.717, 1.165) is 27.8 Å². The van der Waals surface area contributed by atoms with Crippen molar-refractivity contribution in [1.29, 1.82) is 0 Å². The van der Waals surface area contributed by atoms with Crippen molar-refractivity contribution in [3.05, 3.63) is 80.2 Å². The molecule has 2 aliphatic rings. The minimum Gasteiger partial charge on any atom is -0.350 e. The van der Waals surface area contributed by atoms with E-state index < -0.39 is 17.1 Å². The molecule has 10 heteroatoms. The summed E-state index contributed by atoms with van der Waals surface area (Å²) in [5.41, 5.74) is 2.12. The molecule has 0 atom stereocenters. The second-order valence-electron chi connectivity index (χ2n) is 7.87. The molecule has 2 fully saturated rings. The van der Waals surface area contributed by atoms with Crippen LogP contribution in [-0.4, -0.2) is 52.4 Å². The lowest BCUT2D eigenvalue weighted by atomic mass is 10.0. The Morgan fingerprint density at radius 1 is 1.00 bits per heavy atom. The molecule has 2 aliphatic heterocycles. The summed E-state index contributed by atoms with van der Waals surface area (Å²) in [4.78, 5) is 53.4. The summed E-state index contributed by atoms with van der Waals surface area (Å²) < 4.78 is 0. The summed E-state index contributed by atoms with van der Waals surface area (Å²) in [6.07, 6.45) is 0.929. The lowest BCUT2D eigenvalue weighted by Gasteiger charge is -2.29. The van der Waals surface area contributed by atoms with Gasteiger partial charge in [0.25, 0.3) is 17.1 Å². The molecule has 0 radical (unpaired) electrons. The zero-order valence-electron chi connectivity index (χ0n) is 18.1. The van der Waals surface area contributed by atoms with Gasteiger partial charge in [0.1, 0.15) is 6.54 Å². The molecule has 0 unspecified atom stereocenters. The Kier molecular flexibility index (Phi) is 7.60. The number of imide groups is 1. The van der Waals surface area contributed by atoms with Gasteiger partial charge in [0.15, 0.2) is 0 Å². The Hall–Kier alpha value is -2.81. The number of rotatable bonds is 5. The maximum atomic E-state index is 12.9. The van der Waals surface area contributed by atoms with Crippen LogP contribution in [0.5, 0.6) is 0 Å². The molecule has 4 amide bonds. The molecule has 0 bridgehead atoms. The number of halogens is 2. The molecular formula is C24H21Cl2N3O4S. The Labute approximate surface area is 211 Å². The van der Waals surface area contributed by atoms with Crippen LogP contribution in [0.1, 0.15) is 28.8 Å². The van der Waals surface area contributed by atoms with Crippen molar-refractivity contribution in [2.75, 3.05) is 19.6 Å². The first-order valence-electron chi connectivity index (χ1n) is 10.6. The number of nitrogens with zero attached hydrogens (tertiary/aromatic N) is 2. The lowest BCUT2D eigenvalue weighted by molar-refractivity contribution is -0.129. The van der Waals surface area contributed by atoms with Crippen molar-refractivity contribution in [2.45, 2.75) is 19.4 Å². The fourth-order valence-electron chi connectivity index (χ4n) is 3.79. The highest BCUT2D eigenvalue weighted by atomic mass is 35.5. The van der Waals surface area contributed by atoms with E-state index in [1.54, 1.807) is 17.0 Å². The molecule has 0 aliphatic carbocycles. The van der Waals surface area contributed by atoms with E-state index in [2.05, 4.69) is 5.32 Å². The highest BCUT2D eigenvalue weighted by Gasteiger charge is 2.39. The van der Waals surface area contributed by atoms with Gasteiger partial charge < -0.3 is 10.2 Å². The molecule has 0 spiro atoms. The van der Waals surface area contributed by atoms with Crippen molar-refractivity contribution < 1.29 is 19.2 Å². The largest absolute Gasteiger partial charge is 0.350 e.